The highest BCUT2D eigenvalue weighted by atomic mass is 32.2. The highest BCUT2D eigenvalue weighted by Gasteiger charge is 2.30. The minimum absolute atomic E-state index is 0.149. The lowest BCUT2D eigenvalue weighted by molar-refractivity contribution is -0.383. The Bertz CT molecular complexity index is 1020. The van der Waals surface area contributed by atoms with Crippen LogP contribution in [0, 0.1) is 18.3 Å². The van der Waals surface area contributed by atoms with E-state index in [1.807, 2.05) is 19.1 Å². The molecule has 3 N–H and O–H groups in total. The number of aromatic nitrogens is 2. The average molecular weight is 405 g/mol. The van der Waals surface area contributed by atoms with Crippen molar-refractivity contribution < 1.29 is 15.3 Å². The van der Waals surface area contributed by atoms with E-state index in [4.69, 9.17) is 0 Å². The first-order valence-electron chi connectivity index (χ1n) is 7.63. The van der Waals surface area contributed by atoms with Gasteiger partial charge in [0.2, 0.25) is 0 Å². The van der Waals surface area contributed by atoms with E-state index in [2.05, 4.69) is 16.3 Å². The predicted octanol–water partition coefficient (Wildman–Crippen LogP) is 0.714. The van der Waals surface area contributed by atoms with Gasteiger partial charge >= 0.3 is 6.10 Å². The molecule has 0 amide bonds. The van der Waals surface area contributed by atoms with Gasteiger partial charge in [-0.3, -0.25) is 9.80 Å². The second-order valence-corrected chi connectivity index (χ2v) is 7.95. The molecule has 9 nitrogen and oxygen atoms in total. The van der Waals surface area contributed by atoms with Crippen molar-refractivity contribution >= 4 is 33.6 Å². The molecule has 140 valence electrons. The number of hydrazone groups is 1. The predicted molar refractivity (Wildman–Crippen MR) is 102 cm³/mol. The Hall–Kier alpha value is -2.36. The number of nitrogens with zero attached hydrogens (tertiary/aromatic N) is 5. The molecule has 27 heavy (non-hydrogen) atoms. The molecule has 0 aliphatic carbocycles. The average Bonchev–Trinajstić information content (AvgIpc) is 2.60. The maximum Gasteiger partial charge on any atom is 0.392 e. The molecular weight excluding hydrogens is 390 g/mol. The number of fused-ring (bicyclic) bond motifs is 1. The van der Waals surface area contributed by atoms with Crippen molar-refractivity contribution in [3.05, 3.63) is 51.4 Å². The summed E-state index contributed by atoms with van der Waals surface area (Å²) in [7, 11) is 1.63. The molecule has 1 aromatic heterocycles. The van der Waals surface area contributed by atoms with E-state index in [0.717, 1.165) is 22.9 Å². The summed E-state index contributed by atoms with van der Waals surface area (Å²) >= 11 is 2.37. The first-order valence-corrected chi connectivity index (χ1v) is 9.43. The number of hydrogen-bond donors (Lipinski definition) is 3. The van der Waals surface area contributed by atoms with Gasteiger partial charge in [-0.25, -0.2) is 0 Å². The zero-order valence-electron chi connectivity index (χ0n) is 14.3. The molecular formula is C16H15N5O4S2. The van der Waals surface area contributed by atoms with Crippen LogP contribution in [0.2, 0.25) is 0 Å². The first kappa shape index (κ1) is 19.4. The fourth-order valence-corrected chi connectivity index (χ4v) is 4.55. The molecule has 2 aromatic rings. The number of thioether (sulfide) groups is 2. The number of nitriles is 1. The SMILES string of the molecule is Cc1ccc(CSC2=NN(C)c3cnn(C(O)(O)O)c(=O)c3S2)c(C#N)c1. The van der Waals surface area contributed by atoms with Gasteiger partial charge in [0.25, 0.3) is 5.56 Å². The number of rotatable bonds is 3. The van der Waals surface area contributed by atoms with Crippen LogP contribution in [-0.4, -0.2) is 36.5 Å². The zero-order valence-corrected chi connectivity index (χ0v) is 16.0. The molecule has 0 unspecified atom stereocenters. The van der Waals surface area contributed by atoms with Crippen molar-refractivity contribution in [3.63, 3.8) is 0 Å². The molecule has 1 aromatic carbocycles. The molecule has 2 heterocycles. The number of aliphatic hydroxyl groups is 3. The summed E-state index contributed by atoms with van der Waals surface area (Å²) in [6, 6.07) is 7.77. The van der Waals surface area contributed by atoms with Gasteiger partial charge in [0.1, 0.15) is 4.90 Å². The second kappa shape index (κ2) is 7.34. The van der Waals surface area contributed by atoms with E-state index in [-0.39, 0.29) is 9.58 Å². The van der Waals surface area contributed by atoms with Crippen molar-refractivity contribution in [3.8, 4) is 6.07 Å². The van der Waals surface area contributed by atoms with Crippen molar-refractivity contribution in [2.45, 2.75) is 23.7 Å². The smallest absolute Gasteiger partial charge is 0.324 e. The highest BCUT2D eigenvalue weighted by molar-refractivity contribution is 8.38. The van der Waals surface area contributed by atoms with Crippen molar-refractivity contribution in [2.24, 2.45) is 5.10 Å². The molecule has 0 spiro atoms. The van der Waals surface area contributed by atoms with Gasteiger partial charge in [0, 0.05) is 12.8 Å². The third-order valence-electron chi connectivity index (χ3n) is 3.71. The summed E-state index contributed by atoms with van der Waals surface area (Å²) in [5.74, 6) is 0.474. The Labute approximate surface area is 162 Å². The van der Waals surface area contributed by atoms with Crippen LogP contribution in [0.4, 0.5) is 5.69 Å². The lowest BCUT2D eigenvalue weighted by atomic mass is 10.1. The fraction of sp³-hybridized carbons (Fsp3) is 0.250. The van der Waals surface area contributed by atoms with E-state index < -0.39 is 11.7 Å². The van der Waals surface area contributed by atoms with E-state index in [9.17, 15) is 25.4 Å². The van der Waals surface area contributed by atoms with Crippen LogP contribution >= 0.6 is 23.5 Å². The van der Waals surface area contributed by atoms with Crippen LogP contribution in [0.1, 0.15) is 16.7 Å². The van der Waals surface area contributed by atoms with Gasteiger partial charge in [-0.05, 0) is 24.1 Å². The summed E-state index contributed by atoms with van der Waals surface area (Å²) in [4.78, 5) is 12.6. The lowest BCUT2D eigenvalue weighted by Crippen LogP contribution is -2.43. The van der Waals surface area contributed by atoms with Crippen molar-refractivity contribution in [1.82, 2.24) is 9.78 Å². The molecule has 0 saturated carbocycles. The molecule has 0 radical (unpaired) electrons. The Kier molecular flexibility index (Phi) is 5.27. The van der Waals surface area contributed by atoms with E-state index in [0.29, 0.717) is 21.4 Å². The number of anilines is 1. The first-order chi connectivity index (χ1) is 12.7. The number of hydrogen-bond acceptors (Lipinski definition) is 10. The normalized spacial score (nSPS) is 13.8. The van der Waals surface area contributed by atoms with E-state index in [1.165, 1.54) is 23.0 Å². The van der Waals surface area contributed by atoms with Gasteiger partial charge in [-0.2, -0.15) is 15.5 Å². The van der Waals surface area contributed by atoms with Crippen molar-refractivity contribution in [2.75, 3.05) is 12.1 Å². The Balaban J connectivity index is 1.86. The maximum atomic E-state index is 12.4. The van der Waals surface area contributed by atoms with Gasteiger partial charge in [0.15, 0.2) is 4.38 Å². The minimum atomic E-state index is -3.39. The standard InChI is InChI=1S/C16H15N5O4S2/c1-9-3-4-10(11(5-9)6-17)8-26-15-19-20(2)12-7-18-21(16(23,24)25)14(22)13(12)27-15/h3-5,7,23-25H,8H2,1-2H3. The summed E-state index contributed by atoms with van der Waals surface area (Å²) < 4.78 is 0.706. The second-order valence-electron chi connectivity index (χ2n) is 5.73. The van der Waals surface area contributed by atoms with Gasteiger partial charge in [0.05, 0.1) is 23.5 Å². The van der Waals surface area contributed by atoms with Gasteiger partial charge in [-0.1, -0.05) is 35.7 Å². The van der Waals surface area contributed by atoms with Crippen LogP contribution in [-0.2, 0) is 11.8 Å². The summed E-state index contributed by atoms with van der Waals surface area (Å²) in [5.41, 5.74) is 1.93. The molecule has 3 rings (SSSR count). The van der Waals surface area contributed by atoms with Crippen LogP contribution < -0.4 is 10.6 Å². The topological polar surface area (TPSA) is 135 Å². The molecule has 0 atom stereocenters. The third kappa shape index (κ3) is 4.00. The Morgan fingerprint density at radius 3 is 2.78 bits per heavy atom. The Morgan fingerprint density at radius 1 is 1.37 bits per heavy atom. The molecule has 1 aliphatic heterocycles. The lowest BCUT2D eigenvalue weighted by Gasteiger charge is -2.24. The van der Waals surface area contributed by atoms with Crippen LogP contribution in [0.25, 0.3) is 0 Å². The Morgan fingerprint density at radius 2 is 2.11 bits per heavy atom. The third-order valence-corrected chi connectivity index (χ3v) is 5.94. The molecule has 0 fully saturated rings. The van der Waals surface area contributed by atoms with Crippen LogP contribution in [0.15, 0.2) is 39.2 Å². The van der Waals surface area contributed by atoms with Crippen LogP contribution in [0.3, 0.4) is 0 Å². The zero-order chi connectivity index (χ0) is 19.8. The summed E-state index contributed by atoms with van der Waals surface area (Å²) in [6.07, 6.45) is -2.18. The van der Waals surface area contributed by atoms with E-state index >= 15 is 0 Å². The largest absolute Gasteiger partial charge is 0.392 e. The quantitative estimate of drug-likeness (QED) is 0.631. The maximum absolute atomic E-state index is 12.4. The van der Waals surface area contributed by atoms with Gasteiger partial charge in [-0.15, -0.1) is 4.68 Å². The molecule has 11 heteroatoms. The van der Waals surface area contributed by atoms with Crippen LogP contribution in [0.5, 0.6) is 0 Å². The number of benzene rings is 1. The monoisotopic (exact) mass is 405 g/mol. The molecule has 0 saturated heterocycles. The summed E-state index contributed by atoms with van der Waals surface area (Å²) in [6.45, 7) is 1.91. The highest BCUT2D eigenvalue weighted by Crippen LogP contribution is 2.36. The minimum Gasteiger partial charge on any atom is -0.324 e. The fourth-order valence-electron chi connectivity index (χ4n) is 2.37. The van der Waals surface area contributed by atoms with E-state index in [1.54, 1.807) is 13.1 Å². The van der Waals surface area contributed by atoms with Crippen molar-refractivity contribution in [1.29, 1.82) is 5.26 Å². The molecule has 0 bridgehead atoms. The summed E-state index contributed by atoms with van der Waals surface area (Å²) in [5, 5.41) is 46.4. The van der Waals surface area contributed by atoms with Gasteiger partial charge < -0.3 is 15.3 Å². The number of aryl methyl sites for hydroxylation is 1. The molecule has 1 aliphatic rings.